The second kappa shape index (κ2) is 7.23. The fourth-order valence-corrected chi connectivity index (χ4v) is 1.47. The molecule has 0 radical (unpaired) electrons. The van der Waals surface area contributed by atoms with Crippen LogP contribution in [-0.4, -0.2) is 37.3 Å². The predicted molar refractivity (Wildman–Crippen MR) is 76.3 cm³/mol. The van der Waals surface area contributed by atoms with Crippen molar-refractivity contribution in [2.75, 3.05) is 13.2 Å². The molecule has 0 fully saturated rings. The molecule has 0 rings (SSSR count). The zero-order valence-corrected chi connectivity index (χ0v) is 13.1. The minimum Gasteiger partial charge on any atom is -0.396 e. The van der Waals surface area contributed by atoms with Gasteiger partial charge in [0.05, 0.1) is 8.54 Å². The molecule has 0 aliphatic carbocycles. The van der Waals surface area contributed by atoms with E-state index in [0.717, 1.165) is 6.42 Å². The van der Waals surface area contributed by atoms with E-state index in [-0.39, 0.29) is 6.61 Å². The van der Waals surface area contributed by atoms with Gasteiger partial charge in [-0.2, -0.15) is 0 Å². The molecule has 1 unspecified atom stereocenters. The number of alkyl halides is 2. The zero-order chi connectivity index (χ0) is 12.1. The van der Waals surface area contributed by atoms with E-state index in [4.69, 9.17) is 5.11 Å². The molecule has 0 heterocycles. The van der Waals surface area contributed by atoms with Crippen molar-refractivity contribution in [3.05, 3.63) is 0 Å². The summed E-state index contributed by atoms with van der Waals surface area (Å²) in [5.74, 6) is -0.414. The molecule has 0 bridgehead atoms. The summed E-state index contributed by atoms with van der Waals surface area (Å²) in [5, 5.41) is 21.3. The summed E-state index contributed by atoms with van der Waals surface area (Å²) in [6.07, 6.45) is -0.302. The fourth-order valence-electron chi connectivity index (χ4n) is 0.843. The third kappa shape index (κ3) is 6.22. The van der Waals surface area contributed by atoms with Crippen molar-refractivity contribution in [1.29, 1.82) is 0 Å². The van der Waals surface area contributed by atoms with Crippen LogP contribution in [0.1, 0.15) is 20.3 Å². The van der Waals surface area contributed by atoms with Crippen molar-refractivity contribution in [2.24, 2.45) is 5.41 Å². The van der Waals surface area contributed by atoms with Crippen molar-refractivity contribution in [2.45, 2.75) is 28.3 Å². The Kier molecular flexibility index (Phi) is 7.64. The highest BCUT2D eigenvalue weighted by molar-refractivity contribution is 14.2. The molecule has 0 aromatic heterocycles. The number of carbonyl (C=O) groups excluding carboxylic acids is 1. The van der Waals surface area contributed by atoms with Crippen LogP contribution in [0.25, 0.3) is 0 Å². The molecule has 1 atom stereocenters. The van der Waals surface area contributed by atoms with Crippen LogP contribution in [0.2, 0.25) is 0 Å². The second-order valence-electron chi connectivity index (χ2n) is 4.02. The van der Waals surface area contributed by atoms with Crippen LogP contribution in [0.4, 0.5) is 0 Å². The zero-order valence-electron chi connectivity index (χ0n) is 8.83. The van der Waals surface area contributed by atoms with E-state index in [0.29, 0.717) is 8.48 Å². The quantitative estimate of drug-likeness (QED) is 0.427. The molecule has 0 saturated carbocycles. The number of hydrogen-bond donors (Lipinski definition) is 3. The molecule has 0 aliphatic rings. The summed E-state index contributed by atoms with van der Waals surface area (Å²) >= 11 is 4.53. The molecule has 1 amide bonds. The average molecular weight is 441 g/mol. The van der Waals surface area contributed by atoms with E-state index in [1.54, 1.807) is 13.8 Å². The van der Waals surface area contributed by atoms with Crippen molar-refractivity contribution >= 4 is 51.1 Å². The van der Waals surface area contributed by atoms with E-state index < -0.39 is 17.4 Å². The Morgan fingerprint density at radius 2 is 2.00 bits per heavy atom. The summed E-state index contributed by atoms with van der Waals surface area (Å²) in [6, 6.07) is 0. The first-order valence-corrected chi connectivity index (χ1v) is 7.15. The van der Waals surface area contributed by atoms with Crippen LogP contribution in [0.15, 0.2) is 0 Å². The Morgan fingerprint density at radius 1 is 1.47 bits per heavy atom. The van der Waals surface area contributed by atoms with Gasteiger partial charge in [0.15, 0.2) is 0 Å². The molecule has 0 aliphatic heterocycles. The molecule has 0 aromatic carbocycles. The van der Waals surface area contributed by atoms with Gasteiger partial charge >= 0.3 is 0 Å². The lowest BCUT2D eigenvalue weighted by molar-refractivity contribution is -0.137. The lowest BCUT2D eigenvalue weighted by atomic mass is 9.87. The maximum atomic E-state index is 11.5. The molecular weight excluding hydrogens is 424 g/mol. The van der Waals surface area contributed by atoms with Gasteiger partial charge in [-0.15, -0.1) is 0 Å². The second-order valence-corrected chi connectivity index (χ2v) is 9.41. The first kappa shape index (κ1) is 15.9. The van der Waals surface area contributed by atoms with Gasteiger partial charge in [0.1, 0.15) is 6.10 Å². The minimum atomic E-state index is -1.16. The van der Waals surface area contributed by atoms with Gasteiger partial charge in [0, 0.05) is 12.0 Å². The maximum Gasteiger partial charge on any atom is 0.249 e. The summed E-state index contributed by atoms with van der Waals surface area (Å²) in [6.45, 7) is 3.63. The van der Waals surface area contributed by atoms with Crippen LogP contribution in [0.5, 0.6) is 0 Å². The van der Waals surface area contributed by atoms with Crippen molar-refractivity contribution < 1.29 is 15.0 Å². The van der Waals surface area contributed by atoms with E-state index in [1.807, 2.05) is 0 Å². The smallest absolute Gasteiger partial charge is 0.249 e. The normalized spacial score (nSPS) is 14.1. The Bertz CT molecular complexity index is 210. The van der Waals surface area contributed by atoms with E-state index in [2.05, 4.69) is 50.5 Å². The van der Waals surface area contributed by atoms with E-state index >= 15 is 0 Å². The lowest BCUT2D eigenvalue weighted by Crippen LogP contribution is -2.45. The summed E-state index contributed by atoms with van der Waals surface area (Å²) in [4.78, 5) is 11.5. The van der Waals surface area contributed by atoms with Crippen LogP contribution in [0, 0.1) is 5.41 Å². The van der Waals surface area contributed by atoms with Gasteiger partial charge in [-0.1, -0.05) is 59.0 Å². The monoisotopic (exact) mass is 441 g/mol. The molecule has 15 heavy (non-hydrogen) atoms. The van der Waals surface area contributed by atoms with E-state index in [1.165, 1.54) is 0 Å². The van der Waals surface area contributed by atoms with Gasteiger partial charge < -0.3 is 15.5 Å². The topological polar surface area (TPSA) is 69.6 Å². The molecule has 4 nitrogen and oxygen atoms in total. The van der Waals surface area contributed by atoms with E-state index in [9.17, 15) is 9.90 Å². The number of nitrogens with one attached hydrogen (secondary N) is 1. The van der Waals surface area contributed by atoms with Gasteiger partial charge in [-0.25, -0.2) is 0 Å². The molecule has 0 saturated heterocycles. The SMILES string of the molecule is CC(C)(CO)C(O)C(=O)NCCC(I)I. The van der Waals surface area contributed by atoms with Crippen LogP contribution >= 0.6 is 45.2 Å². The highest BCUT2D eigenvalue weighted by Gasteiger charge is 2.32. The maximum absolute atomic E-state index is 11.5. The molecule has 0 spiro atoms. The number of carbonyl (C=O) groups is 1. The molecule has 3 N–H and O–H groups in total. The first-order chi connectivity index (χ1) is 6.81. The number of rotatable bonds is 6. The molecule has 0 aromatic rings. The summed E-state index contributed by atoms with van der Waals surface area (Å²) in [5.41, 5.74) is -0.794. The summed E-state index contributed by atoms with van der Waals surface area (Å²) in [7, 11) is 0. The Hall–Kier alpha value is 0.850. The summed E-state index contributed by atoms with van der Waals surface area (Å²) < 4.78 is 0.462. The number of amides is 1. The van der Waals surface area contributed by atoms with Gasteiger partial charge in [-0.05, 0) is 6.42 Å². The van der Waals surface area contributed by atoms with Crippen LogP contribution in [-0.2, 0) is 4.79 Å². The first-order valence-electron chi connectivity index (χ1n) is 4.66. The lowest BCUT2D eigenvalue weighted by Gasteiger charge is -2.27. The number of aliphatic hydroxyl groups excluding tert-OH is 2. The molecular formula is C9H17I2NO3. The Morgan fingerprint density at radius 3 is 2.40 bits per heavy atom. The van der Waals surface area contributed by atoms with Crippen molar-refractivity contribution in [3.63, 3.8) is 0 Å². The number of hydrogen-bond acceptors (Lipinski definition) is 3. The Labute approximate surface area is 117 Å². The number of aliphatic hydroxyl groups is 2. The molecule has 6 heteroatoms. The third-order valence-corrected chi connectivity index (χ3v) is 3.30. The van der Waals surface area contributed by atoms with Gasteiger partial charge in [0.25, 0.3) is 0 Å². The molecule has 90 valence electrons. The number of halogens is 2. The van der Waals surface area contributed by atoms with Crippen molar-refractivity contribution in [3.8, 4) is 0 Å². The van der Waals surface area contributed by atoms with Crippen LogP contribution < -0.4 is 5.32 Å². The van der Waals surface area contributed by atoms with Crippen molar-refractivity contribution in [1.82, 2.24) is 5.32 Å². The highest BCUT2D eigenvalue weighted by atomic mass is 127. The van der Waals surface area contributed by atoms with Gasteiger partial charge in [0.2, 0.25) is 5.91 Å². The average Bonchev–Trinajstić information content (AvgIpc) is 2.15. The Balaban J connectivity index is 4.00. The minimum absolute atomic E-state index is 0.219. The highest BCUT2D eigenvalue weighted by Crippen LogP contribution is 2.19. The van der Waals surface area contributed by atoms with Gasteiger partial charge in [-0.3, -0.25) is 4.79 Å². The largest absolute Gasteiger partial charge is 0.396 e. The fraction of sp³-hybridized carbons (Fsp3) is 0.889. The van der Waals surface area contributed by atoms with Crippen LogP contribution in [0.3, 0.4) is 0 Å². The predicted octanol–water partition coefficient (Wildman–Crippen LogP) is 1.07. The standard InChI is InChI=1S/C9H17I2NO3/c1-9(2,5-13)7(14)8(15)12-4-3-6(10)11/h6-7,13-14H,3-5H2,1-2H3,(H,12,15). The third-order valence-electron chi connectivity index (χ3n) is 2.06.